The summed E-state index contributed by atoms with van der Waals surface area (Å²) in [5, 5.41) is 15.0. The maximum atomic E-state index is 12.1. The summed E-state index contributed by atoms with van der Waals surface area (Å²) in [7, 11) is 0. The molecule has 1 saturated heterocycles. The molecule has 100 valence electrons. The van der Waals surface area contributed by atoms with Crippen molar-refractivity contribution in [2.24, 2.45) is 5.92 Å². The van der Waals surface area contributed by atoms with E-state index in [0.29, 0.717) is 5.56 Å². The molecule has 1 aromatic carbocycles. The number of piperidine rings is 1. The van der Waals surface area contributed by atoms with E-state index in [-0.39, 0.29) is 17.9 Å². The third-order valence-corrected chi connectivity index (χ3v) is 3.57. The zero-order valence-electron chi connectivity index (χ0n) is 11.1. The van der Waals surface area contributed by atoms with Crippen molar-refractivity contribution in [3.8, 4) is 6.07 Å². The zero-order chi connectivity index (χ0) is 13.7. The SMILES string of the molecule is CC(NC(=O)C1CCCNC1)c1ccc(C#N)cc1. The van der Waals surface area contributed by atoms with Crippen LogP contribution in [0, 0.1) is 17.2 Å². The lowest BCUT2D eigenvalue weighted by Crippen LogP contribution is -2.41. The van der Waals surface area contributed by atoms with Gasteiger partial charge in [-0.3, -0.25) is 4.79 Å². The lowest BCUT2D eigenvalue weighted by Gasteiger charge is -2.24. The minimum absolute atomic E-state index is 0.0258. The van der Waals surface area contributed by atoms with Crippen molar-refractivity contribution in [1.29, 1.82) is 5.26 Å². The van der Waals surface area contributed by atoms with Gasteiger partial charge in [-0.25, -0.2) is 0 Å². The molecule has 4 nitrogen and oxygen atoms in total. The Hall–Kier alpha value is -1.86. The number of amides is 1. The number of nitrogens with one attached hydrogen (secondary N) is 2. The van der Waals surface area contributed by atoms with Crippen LogP contribution in [0.15, 0.2) is 24.3 Å². The standard InChI is InChI=1S/C15H19N3O/c1-11(13-6-4-12(9-16)5-7-13)18-15(19)14-3-2-8-17-10-14/h4-7,11,14,17H,2-3,8,10H2,1H3,(H,18,19). The first-order chi connectivity index (χ1) is 9.20. The molecule has 2 rings (SSSR count). The second-order valence-electron chi connectivity index (χ2n) is 5.01. The van der Waals surface area contributed by atoms with E-state index in [1.165, 1.54) is 0 Å². The number of hydrogen-bond donors (Lipinski definition) is 2. The van der Waals surface area contributed by atoms with Gasteiger partial charge in [0.1, 0.15) is 0 Å². The first-order valence-electron chi connectivity index (χ1n) is 6.72. The average Bonchev–Trinajstić information content (AvgIpc) is 2.48. The van der Waals surface area contributed by atoms with E-state index in [2.05, 4.69) is 16.7 Å². The molecule has 0 saturated carbocycles. The van der Waals surface area contributed by atoms with Gasteiger partial charge in [-0.15, -0.1) is 0 Å². The fourth-order valence-corrected chi connectivity index (χ4v) is 2.34. The van der Waals surface area contributed by atoms with Gasteiger partial charge in [-0.2, -0.15) is 5.26 Å². The minimum atomic E-state index is -0.0258. The van der Waals surface area contributed by atoms with Crippen molar-refractivity contribution in [3.05, 3.63) is 35.4 Å². The molecule has 1 aliphatic rings. The molecule has 1 aromatic rings. The number of benzene rings is 1. The summed E-state index contributed by atoms with van der Waals surface area (Å²) in [5.74, 6) is 0.193. The third kappa shape index (κ3) is 3.55. The molecule has 0 spiro atoms. The van der Waals surface area contributed by atoms with Gasteiger partial charge in [0.2, 0.25) is 5.91 Å². The maximum absolute atomic E-state index is 12.1. The normalized spacial score (nSPS) is 20.3. The van der Waals surface area contributed by atoms with Gasteiger partial charge in [0.05, 0.1) is 23.6 Å². The van der Waals surface area contributed by atoms with Crippen molar-refractivity contribution in [2.45, 2.75) is 25.8 Å². The van der Waals surface area contributed by atoms with E-state index in [4.69, 9.17) is 5.26 Å². The Morgan fingerprint density at radius 2 is 2.21 bits per heavy atom. The Morgan fingerprint density at radius 1 is 1.47 bits per heavy atom. The molecule has 1 heterocycles. The monoisotopic (exact) mass is 257 g/mol. The van der Waals surface area contributed by atoms with Crippen molar-refractivity contribution in [2.75, 3.05) is 13.1 Å². The van der Waals surface area contributed by atoms with Crippen LogP contribution >= 0.6 is 0 Å². The fraction of sp³-hybridized carbons (Fsp3) is 0.467. The van der Waals surface area contributed by atoms with E-state index >= 15 is 0 Å². The zero-order valence-corrected chi connectivity index (χ0v) is 11.1. The Bertz CT molecular complexity index is 469. The largest absolute Gasteiger partial charge is 0.349 e. The summed E-state index contributed by atoms with van der Waals surface area (Å²) in [4.78, 5) is 12.1. The lowest BCUT2D eigenvalue weighted by atomic mass is 9.98. The van der Waals surface area contributed by atoms with E-state index in [0.717, 1.165) is 31.5 Å². The number of carbonyl (C=O) groups is 1. The molecule has 1 amide bonds. The summed E-state index contributed by atoms with van der Waals surface area (Å²) < 4.78 is 0. The molecule has 2 atom stereocenters. The molecule has 4 heteroatoms. The highest BCUT2D eigenvalue weighted by Gasteiger charge is 2.22. The predicted octanol–water partition coefficient (Wildman–Crippen LogP) is 1.74. The quantitative estimate of drug-likeness (QED) is 0.866. The summed E-state index contributed by atoms with van der Waals surface area (Å²) in [5.41, 5.74) is 1.66. The van der Waals surface area contributed by atoms with Crippen LogP contribution in [0.25, 0.3) is 0 Å². The van der Waals surface area contributed by atoms with Crippen molar-refractivity contribution < 1.29 is 4.79 Å². The molecule has 0 aliphatic carbocycles. The second-order valence-corrected chi connectivity index (χ2v) is 5.01. The van der Waals surface area contributed by atoms with Gasteiger partial charge in [0.15, 0.2) is 0 Å². The van der Waals surface area contributed by atoms with Crippen molar-refractivity contribution in [3.63, 3.8) is 0 Å². The van der Waals surface area contributed by atoms with Gasteiger partial charge in [0.25, 0.3) is 0 Å². The Morgan fingerprint density at radius 3 is 2.79 bits per heavy atom. The molecule has 2 unspecified atom stereocenters. The van der Waals surface area contributed by atoms with Crippen LogP contribution in [-0.4, -0.2) is 19.0 Å². The van der Waals surface area contributed by atoms with E-state index in [1.54, 1.807) is 12.1 Å². The third-order valence-electron chi connectivity index (χ3n) is 3.57. The van der Waals surface area contributed by atoms with Crippen LogP contribution in [-0.2, 0) is 4.79 Å². The minimum Gasteiger partial charge on any atom is -0.349 e. The first-order valence-corrected chi connectivity index (χ1v) is 6.72. The number of hydrogen-bond acceptors (Lipinski definition) is 3. The molecule has 19 heavy (non-hydrogen) atoms. The highest BCUT2D eigenvalue weighted by molar-refractivity contribution is 5.79. The van der Waals surface area contributed by atoms with Gasteiger partial charge in [0, 0.05) is 6.54 Å². The lowest BCUT2D eigenvalue weighted by molar-refractivity contribution is -0.126. The highest BCUT2D eigenvalue weighted by Crippen LogP contribution is 2.16. The number of nitriles is 1. The van der Waals surface area contributed by atoms with Crippen LogP contribution in [0.5, 0.6) is 0 Å². The van der Waals surface area contributed by atoms with Crippen LogP contribution < -0.4 is 10.6 Å². The van der Waals surface area contributed by atoms with Crippen LogP contribution in [0.4, 0.5) is 0 Å². The summed E-state index contributed by atoms with van der Waals surface area (Å²) in [6.45, 7) is 3.75. The van der Waals surface area contributed by atoms with E-state index in [1.807, 2.05) is 19.1 Å². The maximum Gasteiger partial charge on any atom is 0.224 e. The Balaban J connectivity index is 1.93. The van der Waals surface area contributed by atoms with Crippen molar-refractivity contribution in [1.82, 2.24) is 10.6 Å². The number of rotatable bonds is 3. The predicted molar refractivity (Wildman–Crippen MR) is 73.3 cm³/mol. The first kappa shape index (κ1) is 13.6. The molecule has 0 bridgehead atoms. The van der Waals surface area contributed by atoms with Gasteiger partial charge >= 0.3 is 0 Å². The van der Waals surface area contributed by atoms with E-state index < -0.39 is 0 Å². The highest BCUT2D eigenvalue weighted by atomic mass is 16.1. The van der Waals surface area contributed by atoms with Gasteiger partial charge < -0.3 is 10.6 Å². The van der Waals surface area contributed by atoms with Crippen molar-refractivity contribution >= 4 is 5.91 Å². The number of carbonyl (C=O) groups excluding carboxylic acids is 1. The summed E-state index contributed by atoms with van der Waals surface area (Å²) >= 11 is 0. The molecular formula is C15H19N3O. The van der Waals surface area contributed by atoms with Gasteiger partial charge in [-0.05, 0) is 44.0 Å². The Labute approximate surface area is 113 Å². The average molecular weight is 257 g/mol. The van der Waals surface area contributed by atoms with Gasteiger partial charge in [-0.1, -0.05) is 12.1 Å². The number of nitrogens with zero attached hydrogens (tertiary/aromatic N) is 1. The molecule has 1 fully saturated rings. The summed E-state index contributed by atoms with van der Waals surface area (Å²) in [6, 6.07) is 9.40. The topological polar surface area (TPSA) is 64.9 Å². The summed E-state index contributed by atoms with van der Waals surface area (Å²) in [6.07, 6.45) is 2.02. The smallest absolute Gasteiger partial charge is 0.224 e. The molecule has 0 radical (unpaired) electrons. The van der Waals surface area contributed by atoms with Crippen LogP contribution in [0.2, 0.25) is 0 Å². The van der Waals surface area contributed by atoms with Crippen LogP contribution in [0.1, 0.15) is 36.9 Å². The molecule has 0 aromatic heterocycles. The molecule has 1 aliphatic heterocycles. The fourth-order valence-electron chi connectivity index (χ4n) is 2.34. The molecule has 2 N–H and O–H groups in total. The van der Waals surface area contributed by atoms with E-state index in [9.17, 15) is 4.79 Å². The Kier molecular flexibility index (Phi) is 4.53. The second kappa shape index (κ2) is 6.35. The van der Waals surface area contributed by atoms with Crippen LogP contribution in [0.3, 0.4) is 0 Å². The molecular weight excluding hydrogens is 238 g/mol.